The Morgan fingerprint density at radius 3 is 2.59 bits per heavy atom. The van der Waals surface area contributed by atoms with E-state index in [9.17, 15) is 0 Å². The summed E-state index contributed by atoms with van der Waals surface area (Å²) in [6.07, 6.45) is 3.65. The van der Waals surface area contributed by atoms with Crippen LogP contribution in [0.15, 0.2) is 40.0 Å². The maximum Gasteiger partial charge on any atom is 0.193 e. The van der Waals surface area contributed by atoms with Crippen LogP contribution >= 0.6 is 47.2 Å². The van der Waals surface area contributed by atoms with Crippen molar-refractivity contribution >= 4 is 53.1 Å². The molecule has 0 spiro atoms. The average Bonchev–Trinajstić information content (AvgIpc) is 3.14. The lowest BCUT2D eigenvalue weighted by Gasteiger charge is -2.34. The van der Waals surface area contributed by atoms with Crippen LogP contribution in [0.3, 0.4) is 0 Å². The molecule has 0 atom stereocenters. The Labute approximate surface area is 186 Å². The van der Waals surface area contributed by atoms with Crippen molar-refractivity contribution in [1.82, 2.24) is 15.4 Å². The predicted molar refractivity (Wildman–Crippen MR) is 118 cm³/mol. The standard InChI is InChI=1S/C18H22Cl2N4O2.HI/c1-21-18(22-11-16-4-7-26-23-16)24-5-2-13(3-6-24)12-25-17-9-14(19)8-15(20)10-17;/h4,7-10,13H,2-3,5-6,11-12H2,1H3,(H,21,22);1H. The number of hydrogen-bond acceptors (Lipinski definition) is 4. The molecule has 0 aliphatic carbocycles. The van der Waals surface area contributed by atoms with E-state index in [1.807, 2.05) is 6.07 Å². The molecule has 2 aromatic rings. The van der Waals surface area contributed by atoms with Crippen LogP contribution in [0.1, 0.15) is 18.5 Å². The first kappa shape index (κ1) is 22.1. The van der Waals surface area contributed by atoms with Crippen molar-refractivity contribution in [2.45, 2.75) is 19.4 Å². The number of halogens is 3. The van der Waals surface area contributed by atoms with Gasteiger partial charge < -0.3 is 19.5 Å². The Morgan fingerprint density at radius 1 is 1.30 bits per heavy atom. The molecule has 6 nitrogen and oxygen atoms in total. The largest absolute Gasteiger partial charge is 0.493 e. The van der Waals surface area contributed by atoms with E-state index in [4.69, 9.17) is 32.5 Å². The van der Waals surface area contributed by atoms with Gasteiger partial charge >= 0.3 is 0 Å². The number of benzene rings is 1. The van der Waals surface area contributed by atoms with Gasteiger partial charge in [0.1, 0.15) is 17.7 Å². The zero-order valence-electron chi connectivity index (χ0n) is 15.0. The monoisotopic (exact) mass is 524 g/mol. The summed E-state index contributed by atoms with van der Waals surface area (Å²) in [7, 11) is 1.79. The zero-order chi connectivity index (χ0) is 18.4. The number of likely N-dealkylation sites (tertiary alicyclic amines) is 1. The van der Waals surface area contributed by atoms with Crippen LogP contribution in [0.25, 0.3) is 0 Å². The van der Waals surface area contributed by atoms with Gasteiger partial charge in [0.05, 0.1) is 13.2 Å². The van der Waals surface area contributed by atoms with Gasteiger partial charge in [0.25, 0.3) is 0 Å². The maximum atomic E-state index is 6.01. The van der Waals surface area contributed by atoms with Crippen molar-refractivity contribution in [2.24, 2.45) is 10.9 Å². The van der Waals surface area contributed by atoms with E-state index in [0.29, 0.717) is 29.1 Å². The van der Waals surface area contributed by atoms with E-state index in [0.717, 1.165) is 43.3 Å². The van der Waals surface area contributed by atoms with Crippen LogP contribution in [0.5, 0.6) is 5.75 Å². The summed E-state index contributed by atoms with van der Waals surface area (Å²) < 4.78 is 10.7. The first-order valence-electron chi connectivity index (χ1n) is 8.58. The molecule has 0 radical (unpaired) electrons. The third-order valence-corrected chi connectivity index (χ3v) is 4.80. The highest BCUT2D eigenvalue weighted by atomic mass is 127. The van der Waals surface area contributed by atoms with Crippen LogP contribution in [-0.4, -0.2) is 42.8 Å². The minimum atomic E-state index is 0. The van der Waals surface area contributed by atoms with Crippen LogP contribution in [0.2, 0.25) is 10.0 Å². The van der Waals surface area contributed by atoms with Crippen molar-refractivity contribution in [3.05, 3.63) is 46.3 Å². The van der Waals surface area contributed by atoms with Gasteiger partial charge in [0.2, 0.25) is 0 Å². The number of rotatable bonds is 5. The van der Waals surface area contributed by atoms with Crippen molar-refractivity contribution < 1.29 is 9.26 Å². The minimum Gasteiger partial charge on any atom is -0.493 e. The van der Waals surface area contributed by atoms with Crippen molar-refractivity contribution in [3.8, 4) is 5.75 Å². The molecular formula is C18H23Cl2IN4O2. The third kappa shape index (κ3) is 6.73. The van der Waals surface area contributed by atoms with Crippen molar-refractivity contribution in [2.75, 3.05) is 26.7 Å². The fraction of sp³-hybridized carbons (Fsp3) is 0.444. The molecule has 1 N–H and O–H groups in total. The Bertz CT molecular complexity index is 715. The summed E-state index contributed by atoms with van der Waals surface area (Å²) in [6, 6.07) is 7.12. The normalized spacial score (nSPS) is 15.4. The summed E-state index contributed by atoms with van der Waals surface area (Å²) >= 11 is 12.0. The molecule has 9 heteroatoms. The first-order valence-corrected chi connectivity index (χ1v) is 9.33. The molecule has 1 aromatic carbocycles. The molecular weight excluding hydrogens is 502 g/mol. The number of ether oxygens (including phenoxy) is 1. The van der Waals surface area contributed by atoms with E-state index < -0.39 is 0 Å². The quantitative estimate of drug-likeness (QED) is 0.355. The number of piperidine rings is 1. The SMILES string of the molecule is CN=C(NCc1ccon1)N1CCC(COc2cc(Cl)cc(Cl)c2)CC1.I. The molecule has 1 aliphatic rings. The lowest BCUT2D eigenvalue weighted by Crippen LogP contribution is -2.46. The zero-order valence-corrected chi connectivity index (χ0v) is 18.9. The van der Waals surface area contributed by atoms with Gasteiger partial charge in [-0.25, -0.2) is 0 Å². The van der Waals surface area contributed by atoms with Crippen LogP contribution in [-0.2, 0) is 6.54 Å². The third-order valence-electron chi connectivity index (χ3n) is 4.37. The summed E-state index contributed by atoms with van der Waals surface area (Å²) in [5.74, 6) is 2.10. The van der Waals surface area contributed by atoms with Crippen molar-refractivity contribution in [1.29, 1.82) is 0 Å². The number of aromatic nitrogens is 1. The van der Waals surface area contributed by atoms with E-state index in [1.54, 1.807) is 31.5 Å². The molecule has 0 saturated carbocycles. The second-order valence-corrected chi connectivity index (χ2v) is 7.11. The first-order chi connectivity index (χ1) is 12.6. The topological polar surface area (TPSA) is 62.9 Å². The van der Waals surface area contributed by atoms with Crippen LogP contribution in [0.4, 0.5) is 0 Å². The Balaban J connectivity index is 0.00000261. The van der Waals surface area contributed by atoms with E-state index in [-0.39, 0.29) is 24.0 Å². The van der Waals surface area contributed by atoms with Gasteiger partial charge in [-0.05, 0) is 37.0 Å². The Kier molecular flexibility index (Phi) is 8.98. The molecule has 1 aliphatic heterocycles. The molecule has 3 rings (SSSR count). The molecule has 1 fully saturated rings. The van der Waals surface area contributed by atoms with Gasteiger partial charge in [-0.15, -0.1) is 24.0 Å². The highest BCUT2D eigenvalue weighted by Gasteiger charge is 2.22. The highest BCUT2D eigenvalue weighted by Crippen LogP contribution is 2.26. The fourth-order valence-electron chi connectivity index (χ4n) is 2.97. The summed E-state index contributed by atoms with van der Waals surface area (Å²) in [5.41, 5.74) is 0.856. The maximum absolute atomic E-state index is 6.01. The Morgan fingerprint density at radius 2 is 2.00 bits per heavy atom. The van der Waals surface area contributed by atoms with Gasteiger partial charge in [0, 0.05) is 36.2 Å². The van der Waals surface area contributed by atoms with Gasteiger partial charge in [0.15, 0.2) is 5.96 Å². The fourth-order valence-corrected chi connectivity index (χ4v) is 3.47. The summed E-state index contributed by atoms with van der Waals surface area (Å²) in [4.78, 5) is 6.62. The lowest BCUT2D eigenvalue weighted by molar-refractivity contribution is 0.179. The molecule has 148 valence electrons. The molecule has 0 amide bonds. The number of hydrogen-bond donors (Lipinski definition) is 1. The predicted octanol–water partition coefficient (Wildman–Crippen LogP) is 4.47. The number of guanidine groups is 1. The van der Waals surface area contributed by atoms with E-state index in [1.165, 1.54) is 0 Å². The minimum absolute atomic E-state index is 0. The van der Waals surface area contributed by atoms with Gasteiger partial charge in [-0.3, -0.25) is 4.99 Å². The molecule has 27 heavy (non-hydrogen) atoms. The van der Waals surface area contributed by atoms with Gasteiger partial charge in [-0.1, -0.05) is 28.4 Å². The van der Waals surface area contributed by atoms with Crippen LogP contribution in [0, 0.1) is 5.92 Å². The smallest absolute Gasteiger partial charge is 0.193 e. The number of nitrogens with one attached hydrogen (secondary N) is 1. The van der Waals surface area contributed by atoms with Crippen LogP contribution < -0.4 is 10.1 Å². The molecule has 2 heterocycles. The molecule has 1 saturated heterocycles. The Hall–Kier alpha value is -1.19. The second-order valence-electron chi connectivity index (χ2n) is 6.24. The second kappa shape index (κ2) is 11.0. The molecule has 0 bridgehead atoms. The molecule has 1 aromatic heterocycles. The average molecular weight is 525 g/mol. The van der Waals surface area contributed by atoms with E-state index in [2.05, 4.69) is 20.4 Å². The van der Waals surface area contributed by atoms with E-state index >= 15 is 0 Å². The highest BCUT2D eigenvalue weighted by molar-refractivity contribution is 14.0. The van der Waals surface area contributed by atoms with Crippen molar-refractivity contribution in [3.63, 3.8) is 0 Å². The summed E-state index contributed by atoms with van der Waals surface area (Å²) in [6.45, 7) is 3.13. The number of nitrogens with zero attached hydrogens (tertiary/aromatic N) is 3. The number of aliphatic imine (C=N–C) groups is 1. The van der Waals surface area contributed by atoms with Gasteiger partial charge in [-0.2, -0.15) is 0 Å². The summed E-state index contributed by atoms with van der Waals surface area (Å²) in [5, 5.41) is 8.39. The molecule has 0 unspecified atom stereocenters. The lowest BCUT2D eigenvalue weighted by atomic mass is 9.98.